The summed E-state index contributed by atoms with van der Waals surface area (Å²) in [6.07, 6.45) is 2.64. The van der Waals surface area contributed by atoms with Gasteiger partial charge in [-0.3, -0.25) is 4.79 Å². The van der Waals surface area contributed by atoms with E-state index in [9.17, 15) is 14.7 Å². The van der Waals surface area contributed by atoms with Gasteiger partial charge in [0.2, 0.25) is 5.91 Å². The van der Waals surface area contributed by atoms with Crippen molar-refractivity contribution in [2.45, 2.75) is 77.8 Å². The SMILES string of the molecule is CCC(CC)O[C@@H]1C=C(C(=O)O)C[C@H](NCc2cc(-c3ccccc3)cc(C)c2F)[C@H]1NC(C)=O. The second-order valence-corrected chi connectivity index (χ2v) is 9.09. The number of nitrogens with one attached hydrogen (secondary N) is 2. The molecule has 2 aromatic rings. The van der Waals surface area contributed by atoms with Crippen molar-refractivity contribution < 1.29 is 23.8 Å². The highest BCUT2D eigenvalue weighted by molar-refractivity contribution is 5.87. The van der Waals surface area contributed by atoms with E-state index < -0.39 is 24.2 Å². The average Bonchev–Trinajstić information content (AvgIpc) is 2.84. The quantitative estimate of drug-likeness (QED) is 0.455. The molecule has 3 N–H and O–H groups in total. The van der Waals surface area contributed by atoms with E-state index in [1.807, 2.05) is 56.3 Å². The van der Waals surface area contributed by atoms with Crippen LogP contribution in [0.2, 0.25) is 0 Å². The fraction of sp³-hybridized carbons (Fsp3) is 0.429. The largest absolute Gasteiger partial charge is 0.478 e. The Hall–Kier alpha value is -3.03. The summed E-state index contributed by atoms with van der Waals surface area (Å²) in [6, 6.07) is 12.4. The summed E-state index contributed by atoms with van der Waals surface area (Å²) in [7, 11) is 0. The second kappa shape index (κ2) is 12.1. The van der Waals surface area contributed by atoms with Gasteiger partial charge in [-0.05, 0) is 61.1 Å². The minimum absolute atomic E-state index is 0.0658. The Morgan fingerprint density at radius 2 is 1.83 bits per heavy atom. The van der Waals surface area contributed by atoms with Gasteiger partial charge in [-0.25, -0.2) is 9.18 Å². The Morgan fingerprint density at radius 3 is 2.43 bits per heavy atom. The number of carbonyl (C=O) groups is 2. The van der Waals surface area contributed by atoms with E-state index >= 15 is 4.39 Å². The van der Waals surface area contributed by atoms with Crippen LogP contribution < -0.4 is 10.6 Å². The zero-order valence-corrected chi connectivity index (χ0v) is 20.8. The fourth-order valence-electron chi connectivity index (χ4n) is 4.57. The number of aliphatic carboxylic acids is 1. The molecule has 0 aliphatic heterocycles. The van der Waals surface area contributed by atoms with Crippen molar-refractivity contribution in [1.29, 1.82) is 0 Å². The number of carboxylic acids is 1. The smallest absolute Gasteiger partial charge is 0.331 e. The molecule has 0 fully saturated rings. The van der Waals surface area contributed by atoms with Crippen LogP contribution in [-0.2, 0) is 20.9 Å². The van der Waals surface area contributed by atoms with E-state index in [2.05, 4.69) is 10.6 Å². The van der Waals surface area contributed by atoms with Crippen LogP contribution in [0.15, 0.2) is 54.1 Å². The Kier molecular flexibility index (Phi) is 9.18. The fourth-order valence-corrected chi connectivity index (χ4v) is 4.57. The molecule has 2 aromatic carbocycles. The number of amides is 1. The summed E-state index contributed by atoms with van der Waals surface area (Å²) in [5, 5.41) is 16.0. The summed E-state index contributed by atoms with van der Waals surface area (Å²) in [6.45, 7) is 7.35. The van der Waals surface area contributed by atoms with Crippen molar-refractivity contribution in [2.75, 3.05) is 0 Å². The zero-order chi connectivity index (χ0) is 25.5. The van der Waals surface area contributed by atoms with Crippen molar-refractivity contribution in [3.63, 3.8) is 0 Å². The summed E-state index contributed by atoms with van der Waals surface area (Å²) in [5.74, 6) is -1.56. The van der Waals surface area contributed by atoms with E-state index in [0.717, 1.165) is 24.0 Å². The Labute approximate surface area is 206 Å². The molecule has 0 aromatic heterocycles. The number of rotatable bonds is 10. The van der Waals surface area contributed by atoms with E-state index in [1.165, 1.54) is 6.92 Å². The van der Waals surface area contributed by atoms with Gasteiger partial charge in [0.25, 0.3) is 0 Å². The Bertz CT molecular complexity index is 1070. The Balaban J connectivity index is 1.89. The maximum absolute atomic E-state index is 15.1. The first-order valence-electron chi connectivity index (χ1n) is 12.2. The van der Waals surface area contributed by atoms with E-state index in [0.29, 0.717) is 11.1 Å². The number of benzene rings is 2. The van der Waals surface area contributed by atoms with Gasteiger partial charge in [-0.1, -0.05) is 44.2 Å². The third-order valence-electron chi connectivity index (χ3n) is 6.49. The van der Waals surface area contributed by atoms with Crippen LogP contribution in [0.4, 0.5) is 4.39 Å². The summed E-state index contributed by atoms with van der Waals surface area (Å²) in [5.41, 5.74) is 3.13. The van der Waals surface area contributed by atoms with Gasteiger partial charge in [-0.2, -0.15) is 0 Å². The number of hydrogen-bond acceptors (Lipinski definition) is 4. The number of carbonyl (C=O) groups excluding carboxylic acids is 1. The number of halogens is 1. The van der Waals surface area contributed by atoms with Crippen LogP contribution in [0.1, 0.15) is 51.2 Å². The van der Waals surface area contributed by atoms with E-state index in [4.69, 9.17) is 4.74 Å². The number of ether oxygens (including phenoxy) is 1. The van der Waals surface area contributed by atoms with Crippen LogP contribution in [-0.4, -0.2) is 41.3 Å². The van der Waals surface area contributed by atoms with Gasteiger partial charge < -0.3 is 20.5 Å². The Morgan fingerprint density at radius 1 is 1.14 bits per heavy atom. The molecule has 1 amide bonds. The number of aryl methyl sites for hydroxylation is 1. The average molecular weight is 483 g/mol. The summed E-state index contributed by atoms with van der Waals surface area (Å²) >= 11 is 0. The van der Waals surface area contributed by atoms with Crippen molar-refractivity contribution in [3.8, 4) is 11.1 Å². The van der Waals surface area contributed by atoms with Gasteiger partial charge in [0.1, 0.15) is 5.82 Å². The molecule has 7 heteroatoms. The highest BCUT2D eigenvalue weighted by Gasteiger charge is 2.37. The van der Waals surface area contributed by atoms with Crippen molar-refractivity contribution >= 4 is 11.9 Å². The van der Waals surface area contributed by atoms with Crippen LogP contribution in [0, 0.1) is 12.7 Å². The number of hydrogen-bond donors (Lipinski definition) is 3. The molecular formula is C28H35FN2O4. The molecule has 0 unspecified atom stereocenters. The van der Waals surface area contributed by atoms with Gasteiger partial charge in [0, 0.05) is 30.6 Å². The molecule has 1 aliphatic rings. The molecular weight excluding hydrogens is 447 g/mol. The summed E-state index contributed by atoms with van der Waals surface area (Å²) < 4.78 is 21.3. The third-order valence-corrected chi connectivity index (χ3v) is 6.49. The van der Waals surface area contributed by atoms with E-state index in [1.54, 1.807) is 13.0 Å². The van der Waals surface area contributed by atoms with Gasteiger partial charge >= 0.3 is 5.97 Å². The first-order valence-corrected chi connectivity index (χ1v) is 12.2. The van der Waals surface area contributed by atoms with Gasteiger partial charge in [0.15, 0.2) is 0 Å². The molecule has 0 spiro atoms. The molecule has 35 heavy (non-hydrogen) atoms. The van der Waals surface area contributed by atoms with Crippen LogP contribution in [0.3, 0.4) is 0 Å². The lowest BCUT2D eigenvalue weighted by molar-refractivity contribution is -0.133. The lowest BCUT2D eigenvalue weighted by atomic mass is 9.87. The first kappa shape index (κ1) is 26.6. The maximum atomic E-state index is 15.1. The van der Waals surface area contributed by atoms with E-state index in [-0.39, 0.29) is 36.4 Å². The normalized spacial score (nSPS) is 19.9. The molecule has 1 aliphatic carbocycles. The highest BCUT2D eigenvalue weighted by atomic mass is 19.1. The molecule has 0 radical (unpaired) electrons. The molecule has 0 heterocycles. The van der Waals surface area contributed by atoms with Gasteiger partial charge in [-0.15, -0.1) is 0 Å². The first-order chi connectivity index (χ1) is 16.7. The molecule has 0 saturated heterocycles. The molecule has 3 rings (SSSR count). The van der Waals surface area contributed by atoms with Crippen LogP contribution in [0.5, 0.6) is 0 Å². The molecule has 6 nitrogen and oxygen atoms in total. The molecule has 0 saturated carbocycles. The van der Waals surface area contributed by atoms with Crippen molar-refractivity contribution in [2.24, 2.45) is 0 Å². The third kappa shape index (κ3) is 6.77. The van der Waals surface area contributed by atoms with Gasteiger partial charge in [0.05, 0.1) is 18.2 Å². The maximum Gasteiger partial charge on any atom is 0.331 e. The number of carboxylic acid groups (broad SMARTS) is 1. The van der Waals surface area contributed by atoms with Crippen LogP contribution in [0.25, 0.3) is 11.1 Å². The zero-order valence-electron chi connectivity index (χ0n) is 20.8. The molecule has 3 atom stereocenters. The standard InChI is InChI=1S/C28H35FN2O4/c1-5-23(6-2)35-25-15-21(28(33)34)14-24(27(25)31-18(4)32)30-16-22-13-20(12-17(3)26(22)29)19-10-8-7-9-11-19/h7-13,15,23-25,27,30H,5-6,14,16H2,1-4H3,(H,31,32)(H,33,34)/t24-,25+,27+/m0/s1. The minimum atomic E-state index is -1.02. The van der Waals surface area contributed by atoms with Crippen LogP contribution >= 0.6 is 0 Å². The minimum Gasteiger partial charge on any atom is -0.478 e. The molecule has 188 valence electrons. The topological polar surface area (TPSA) is 87.7 Å². The second-order valence-electron chi connectivity index (χ2n) is 9.09. The lowest BCUT2D eigenvalue weighted by Crippen LogP contribution is -2.58. The predicted molar refractivity (Wildman–Crippen MR) is 134 cm³/mol. The predicted octanol–water partition coefficient (Wildman–Crippen LogP) is 4.75. The molecule has 0 bridgehead atoms. The highest BCUT2D eigenvalue weighted by Crippen LogP contribution is 2.27. The summed E-state index contributed by atoms with van der Waals surface area (Å²) in [4.78, 5) is 23.9. The van der Waals surface area contributed by atoms with Crippen molar-refractivity contribution in [1.82, 2.24) is 10.6 Å². The van der Waals surface area contributed by atoms with Crippen molar-refractivity contribution in [3.05, 3.63) is 71.1 Å². The monoisotopic (exact) mass is 482 g/mol. The lowest BCUT2D eigenvalue weighted by Gasteiger charge is -2.38.